The summed E-state index contributed by atoms with van der Waals surface area (Å²) in [5.74, 6) is 2.43. The van der Waals surface area contributed by atoms with Gasteiger partial charge in [0.05, 0.1) is 11.2 Å². The molecule has 1 unspecified atom stereocenters. The third-order valence-electron chi connectivity index (χ3n) is 10.4. The first-order chi connectivity index (χ1) is 16.7. The fraction of sp³-hybridized carbons (Fsp3) is 0.688. The summed E-state index contributed by atoms with van der Waals surface area (Å²) in [5, 5.41) is 0. The summed E-state index contributed by atoms with van der Waals surface area (Å²) in [5.41, 5.74) is 6.20. The highest BCUT2D eigenvalue weighted by Crippen LogP contribution is 2.57. The van der Waals surface area contributed by atoms with Crippen molar-refractivity contribution in [3.8, 4) is 0 Å². The van der Waals surface area contributed by atoms with Crippen LogP contribution in [0.15, 0.2) is 47.8 Å². The number of fused-ring (bicyclic) bond motifs is 1. The van der Waals surface area contributed by atoms with Crippen LogP contribution in [-0.4, -0.2) is 16.6 Å². The van der Waals surface area contributed by atoms with Crippen LogP contribution in [0.4, 0.5) is 5.69 Å². The number of benzene rings is 1. The van der Waals surface area contributed by atoms with Gasteiger partial charge in [-0.25, -0.2) is 0 Å². The van der Waals surface area contributed by atoms with Crippen molar-refractivity contribution < 1.29 is 0 Å². The molecule has 2 aliphatic heterocycles. The van der Waals surface area contributed by atoms with E-state index < -0.39 is 0 Å². The van der Waals surface area contributed by atoms with E-state index in [1.807, 2.05) is 0 Å². The van der Waals surface area contributed by atoms with Crippen LogP contribution in [0.5, 0.6) is 0 Å². The summed E-state index contributed by atoms with van der Waals surface area (Å²) >= 11 is 0. The lowest BCUT2D eigenvalue weighted by molar-refractivity contribution is -0.0116. The number of aryl methyl sites for hydroxylation is 1. The van der Waals surface area contributed by atoms with Gasteiger partial charge in [0.1, 0.15) is 6.17 Å². The third kappa shape index (κ3) is 3.58. The Kier molecular flexibility index (Phi) is 6.29. The Hall–Kier alpha value is -1.70. The highest BCUT2D eigenvalue weighted by Gasteiger charge is 2.58. The van der Waals surface area contributed by atoms with Gasteiger partial charge in [0, 0.05) is 11.4 Å². The molecule has 6 rings (SSSR count). The highest BCUT2D eigenvalue weighted by atomic mass is 15.5. The Balaban J connectivity index is 1.49. The Morgan fingerprint density at radius 1 is 0.706 bits per heavy atom. The van der Waals surface area contributed by atoms with E-state index >= 15 is 0 Å². The number of anilines is 1. The van der Waals surface area contributed by atoms with Crippen molar-refractivity contribution in [3.63, 3.8) is 0 Å². The maximum absolute atomic E-state index is 3.08. The van der Waals surface area contributed by atoms with E-state index in [1.54, 1.807) is 5.70 Å². The zero-order valence-corrected chi connectivity index (χ0v) is 21.8. The van der Waals surface area contributed by atoms with E-state index in [4.69, 9.17) is 0 Å². The normalized spacial score (nSPS) is 28.7. The number of hydrogen-bond acceptors (Lipinski definition) is 2. The quantitative estimate of drug-likeness (QED) is 0.445. The van der Waals surface area contributed by atoms with Gasteiger partial charge in [-0.15, -0.1) is 0 Å². The van der Waals surface area contributed by atoms with E-state index in [9.17, 15) is 0 Å². The number of nitrogens with zero attached hydrogens (tertiary/aromatic N) is 2. The molecule has 2 nitrogen and oxygen atoms in total. The lowest BCUT2D eigenvalue weighted by atomic mass is 9.63. The highest BCUT2D eigenvalue weighted by molar-refractivity contribution is 5.63. The molecule has 0 amide bonds. The van der Waals surface area contributed by atoms with Gasteiger partial charge >= 0.3 is 0 Å². The van der Waals surface area contributed by atoms with Gasteiger partial charge in [0.25, 0.3) is 0 Å². The molecule has 2 heteroatoms. The molecule has 0 bridgehead atoms. The first kappa shape index (κ1) is 22.7. The molecule has 34 heavy (non-hydrogen) atoms. The molecule has 0 N–H and O–H groups in total. The smallest absolute Gasteiger partial charge is 0.110 e. The van der Waals surface area contributed by atoms with Crippen molar-refractivity contribution in [2.75, 3.05) is 4.90 Å². The molecule has 0 radical (unpaired) electrons. The Labute approximate surface area is 208 Å². The minimum absolute atomic E-state index is 0.247. The zero-order valence-electron chi connectivity index (χ0n) is 21.8. The second-order valence-corrected chi connectivity index (χ2v) is 12.2. The lowest BCUT2D eigenvalue weighted by Crippen LogP contribution is -2.61. The molecule has 184 valence electrons. The first-order valence-corrected chi connectivity index (χ1v) is 14.8. The fourth-order valence-electron chi connectivity index (χ4n) is 8.83. The molecule has 1 aromatic rings. The van der Waals surface area contributed by atoms with Gasteiger partial charge in [0.15, 0.2) is 0 Å². The summed E-state index contributed by atoms with van der Waals surface area (Å²) in [6, 6.07) is 9.18. The number of rotatable bonds is 4. The third-order valence-corrected chi connectivity index (χ3v) is 10.4. The van der Waals surface area contributed by atoms with E-state index in [-0.39, 0.29) is 5.54 Å². The average Bonchev–Trinajstić information content (AvgIpc) is 3.43. The van der Waals surface area contributed by atoms with Crippen molar-refractivity contribution in [2.45, 2.75) is 122 Å². The summed E-state index contributed by atoms with van der Waals surface area (Å²) in [6.45, 7) is 4.75. The van der Waals surface area contributed by atoms with Crippen molar-refractivity contribution in [1.29, 1.82) is 0 Å². The number of para-hydroxylation sites is 1. The average molecular weight is 459 g/mol. The largest absolute Gasteiger partial charge is 0.339 e. The van der Waals surface area contributed by atoms with Crippen molar-refractivity contribution >= 4 is 5.69 Å². The summed E-state index contributed by atoms with van der Waals surface area (Å²) in [7, 11) is 0. The van der Waals surface area contributed by atoms with Gasteiger partial charge in [-0.05, 0) is 87.8 Å². The molecule has 3 aliphatic carbocycles. The SMILES string of the molecule is CC1=C2C=CC(C3CCCCC3)(C3CCCCC3)N2C(C2CCCCC2)N1c1ccccc1C. The molecule has 1 atom stereocenters. The van der Waals surface area contributed by atoms with Crippen LogP contribution >= 0.6 is 0 Å². The maximum atomic E-state index is 3.08. The van der Waals surface area contributed by atoms with E-state index in [1.165, 1.54) is 113 Å². The van der Waals surface area contributed by atoms with Crippen LogP contribution in [0.1, 0.15) is 109 Å². The minimum Gasteiger partial charge on any atom is -0.339 e. The number of hydrogen-bond donors (Lipinski definition) is 0. The molecule has 3 saturated carbocycles. The van der Waals surface area contributed by atoms with E-state index in [0.29, 0.717) is 6.17 Å². The van der Waals surface area contributed by atoms with Crippen molar-refractivity contribution in [2.24, 2.45) is 17.8 Å². The predicted molar refractivity (Wildman–Crippen MR) is 144 cm³/mol. The lowest BCUT2D eigenvalue weighted by Gasteiger charge is -2.56. The maximum Gasteiger partial charge on any atom is 0.110 e. The molecule has 3 fully saturated rings. The molecule has 5 aliphatic rings. The Bertz CT molecular complexity index is 906. The van der Waals surface area contributed by atoms with E-state index in [0.717, 1.165) is 17.8 Å². The molecule has 2 heterocycles. The van der Waals surface area contributed by atoms with Gasteiger partial charge in [-0.1, -0.05) is 82.1 Å². The second-order valence-electron chi connectivity index (χ2n) is 12.2. The molecule has 0 spiro atoms. The number of allylic oxidation sites excluding steroid dienone is 2. The Morgan fingerprint density at radius 2 is 1.26 bits per heavy atom. The second kappa shape index (κ2) is 9.40. The van der Waals surface area contributed by atoms with Crippen LogP contribution in [0.2, 0.25) is 0 Å². The fourth-order valence-corrected chi connectivity index (χ4v) is 8.83. The zero-order chi connectivity index (χ0) is 23.1. The standard InChI is InChI=1S/C32H46N2/c1-24-14-12-13-21-29(24)33-25(2)30-22-23-32(27-17-8-4-9-18-27,28-19-10-5-11-20-28)34(30)31(33)26-15-6-3-7-16-26/h12-14,21-23,26-28,31H,3-11,15-20H2,1-2H3. The van der Waals surface area contributed by atoms with E-state index in [2.05, 4.69) is 60.1 Å². The topological polar surface area (TPSA) is 6.48 Å². The summed E-state index contributed by atoms with van der Waals surface area (Å²) < 4.78 is 0. The van der Waals surface area contributed by atoms with Crippen LogP contribution in [0.25, 0.3) is 0 Å². The van der Waals surface area contributed by atoms with Gasteiger partial charge < -0.3 is 9.80 Å². The van der Waals surface area contributed by atoms with Crippen molar-refractivity contribution in [3.05, 3.63) is 53.4 Å². The predicted octanol–water partition coefficient (Wildman–Crippen LogP) is 8.72. The molecule has 0 aromatic heterocycles. The Morgan fingerprint density at radius 3 is 1.85 bits per heavy atom. The van der Waals surface area contributed by atoms with Crippen LogP contribution in [-0.2, 0) is 0 Å². The van der Waals surface area contributed by atoms with Gasteiger partial charge in [0.2, 0.25) is 0 Å². The molecular weight excluding hydrogens is 412 g/mol. The van der Waals surface area contributed by atoms with Crippen molar-refractivity contribution in [1.82, 2.24) is 4.90 Å². The molecular formula is C32H46N2. The summed E-state index contributed by atoms with van der Waals surface area (Å²) in [6.07, 6.45) is 27.3. The summed E-state index contributed by atoms with van der Waals surface area (Å²) in [4.78, 5) is 5.89. The van der Waals surface area contributed by atoms with Crippen LogP contribution in [0.3, 0.4) is 0 Å². The minimum atomic E-state index is 0.247. The monoisotopic (exact) mass is 458 g/mol. The first-order valence-electron chi connectivity index (χ1n) is 14.8. The molecule has 1 aromatic carbocycles. The molecule has 0 saturated heterocycles. The van der Waals surface area contributed by atoms with Gasteiger partial charge in [-0.2, -0.15) is 0 Å². The van der Waals surface area contributed by atoms with Gasteiger partial charge in [-0.3, -0.25) is 0 Å². The van der Waals surface area contributed by atoms with Crippen LogP contribution < -0.4 is 4.90 Å². The van der Waals surface area contributed by atoms with Crippen LogP contribution in [0, 0.1) is 24.7 Å².